The maximum atomic E-state index is 13.7. The van der Waals surface area contributed by atoms with Crippen molar-refractivity contribution in [2.45, 2.75) is 24.8 Å². The summed E-state index contributed by atoms with van der Waals surface area (Å²) in [5, 5.41) is 9.25. The van der Waals surface area contributed by atoms with Gasteiger partial charge < -0.3 is 24.8 Å². The second-order valence-corrected chi connectivity index (χ2v) is 9.09. The number of ketones is 1. The van der Waals surface area contributed by atoms with E-state index in [1.807, 2.05) is 42.5 Å². The highest BCUT2D eigenvalue weighted by Crippen LogP contribution is 2.49. The van der Waals surface area contributed by atoms with E-state index in [-0.39, 0.29) is 11.7 Å². The molecule has 1 aliphatic heterocycles. The van der Waals surface area contributed by atoms with Crippen LogP contribution in [0.1, 0.15) is 35.2 Å². The van der Waals surface area contributed by atoms with Gasteiger partial charge in [-0.3, -0.25) is 4.79 Å². The number of allylic oxidation sites excluding steroid dienone is 1. The van der Waals surface area contributed by atoms with Crippen LogP contribution < -0.4 is 24.8 Å². The zero-order valence-electron chi connectivity index (χ0n) is 18.8. The zero-order valence-corrected chi connectivity index (χ0v) is 19.6. The second kappa shape index (κ2) is 8.83. The molecular weight excluding hydrogens is 436 g/mol. The molecule has 1 aliphatic carbocycles. The standard InChI is InChI=1S/C26H26N2O4S/c1-30-21-11-10-16(25(31-2)26(21)32-3)24-23-19(27-17-7-4-5-8-18(17)28-24)13-15(14-20(23)29)22-9-6-12-33-22/h4-12,15,24,27-28H,13-14H2,1-3H3/t15-,24-/m1/s1. The fourth-order valence-electron chi connectivity index (χ4n) is 4.80. The van der Waals surface area contributed by atoms with Gasteiger partial charge in [-0.05, 0) is 42.1 Å². The van der Waals surface area contributed by atoms with Crippen molar-refractivity contribution in [2.24, 2.45) is 0 Å². The third-order valence-corrected chi connectivity index (χ3v) is 7.33. The van der Waals surface area contributed by atoms with E-state index in [0.29, 0.717) is 23.7 Å². The molecular formula is C26H26N2O4S. The van der Waals surface area contributed by atoms with Gasteiger partial charge in [-0.1, -0.05) is 18.2 Å². The Morgan fingerprint density at radius 2 is 1.67 bits per heavy atom. The highest BCUT2D eigenvalue weighted by Gasteiger charge is 2.38. The summed E-state index contributed by atoms with van der Waals surface area (Å²) >= 11 is 1.71. The van der Waals surface area contributed by atoms with E-state index < -0.39 is 6.04 Å². The van der Waals surface area contributed by atoms with Crippen LogP contribution >= 0.6 is 11.3 Å². The number of methoxy groups -OCH3 is 3. The molecule has 2 atom stereocenters. The number of nitrogens with one attached hydrogen (secondary N) is 2. The quantitative estimate of drug-likeness (QED) is 0.503. The van der Waals surface area contributed by atoms with Crippen LogP contribution in [-0.4, -0.2) is 27.1 Å². The number of thiophene rings is 1. The Kier molecular flexibility index (Phi) is 5.72. The van der Waals surface area contributed by atoms with Gasteiger partial charge in [0.1, 0.15) is 0 Å². The summed E-state index contributed by atoms with van der Waals surface area (Å²) in [6.07, 6.45) is 1.24. The number of benzene rings is 2. The molecule has 3 aromatic rings. The Morgan fingerprint density at radius 3 is 2.36 bits per heavy atom. The van der Waals surface area contributed by atoms with Gasteiger partial charge in [-0.15, -0.1) is 11.3 Å². The molecule has 1 aromatic heterocycles. The zero-order chi connectivity index (χ0) is 22.9. The molecule has 2 heterocycles. The van der Waals surface area contributed by atoms with E-state index in [9.17, 15) is 4.79 Å². The van der Waals surface area contributed by atoms with Gasteiger partial charge >= 0.3 is 0 Å². The SMILES string of the molecule is COc1ccc([C@H]2Nc3ccccc3NC3=C2C(=O)C[C@H](c2cccs2)C3)c(OC)c1OC. The van der Waals surface area contributed by atoms with E-state index in [1.54, 1.807) is 32.7 Å². The molecule has 0 saturated heterocycles. The Morgan fingerprint density at radius 1 is 0.879 bits per heavy atom. The molecule has 0 unspecified atom stereocenters. The minimum absolute atomic E-state index is 0.129. The summed E-state index contributed by atoms with van der Waals surface area (Å²) in [7, 11) is 4.79. The van der Waals surface area contributed by atoms with Crippen molar-refractivity contribution >= 4 is 28.5 Å². The molecule has 33 heavy (non-hydrogen) atoms. The van der Waals surface area contributed by atoms with Gasteiger partial charge in [0.25, 0.3) is 0 Å². The number of carbonyl (C=O) groups is 1. The Labute approximate surface area is 197 Å². The van der Waals surface area contributed by atoms with Crippen LogP contribution in [-0.2, 0) is 4.79 Å². The van der Waals surface area contributed by atoms with Crippen molar-refractivity contribution in [1.29, 1.82) is 0 Å². The van der Waals surface area contributed by atoms with Crippen LogP contribution in [0.5, 0.6) is 17.2 Å². The lowest BCUT2D eigenvalue weighted by Crippen LogP contribution is -2.27. The van der Waals surface area contributed by atoms with E-state index in [4.69, 9.17) is 14.2 Å². The molecule has 0 spiro atoms. The molecule has 170 valence electrons. The molecule has 0 amide bonds. The summed E-state index contributed by atoms with van der Waals surface area (Å²) in [6, 6.07) is 15.6. The van der Waals surface area contributed by atoms with Crippen molar-refractivity contribution < 1.29 is 19.0 Å². The molecule has 2 N–H and O–H groups in total. The van der Waals surface area contributed by atoms with Crippen LogP contribution in [0.25, 0.3) is 0 Å². The number of ether oxygens (including phenoxy) is 3. The number of fused-ring (bicyclic) bond motifs is 1. The van der Waals surface area contributed by atoms with Gasteiger partial charge in [0.15, 0.2) is 17.3 Å². The van der Waals surface area contributed by atoms with E-state index >= 15 is 0 Å². The maximum Gasteiger partial charge on any atom is 0.203 e. The molecule has 2 aliphatic rings. The Balaban J connectivity index is 1.68. The number of carbonyl (C=O) groups excluding carboxylic acids is 1. The summed E-state index contributed by atoms with van der Waals surface area (Å²) in [6.45, 7) is 0. The summed E-state index contributed by atoms with van der Waals surface area (Å²) in [5.41, 5.74) is 4.39. The molecule has 0 fully saturated rings. The summed E-state index contributed by atoms with van der Waals surface area (Å²) in [5.74, 6) is 1.93. The molecule has 5 rings (SSSR count). The number of rotatable bonds is 5. The van der Waals surface area contributed by atoms with Gasteiger partial charge in [-0.25, -0.2) is 0 Å². The lowest BCUT2D eigenvalue weighted by Gasteiger charge is -2.30. The van der Waals surface area contributed by atoms with Gasteiger partial charge in [0.2, 0.25) is 5.75 Å². The van der Waals surface area contributed by atoms with Crippen LogP contribution in [0.4, 0.5) is 11.4 Å². The predicted octanol–water partition coefficient (Wildman–Crippen LogP) is 5.75. The third-order valence-electron chi connectivity index (χ3n) is 6.30. The van der Waals surface area contributed by atoms with Crippen molar-refractivity contribution in [3.05, 3.63) is 75.6 Å². The van der Waals surface area contributed by atoms with E-state index in [2.05, 4.69) is 22.1 Å². The first kappa shape index (κ1) is 21.4. The average molecular weight is 463 g/mol. The molecule has 2 aromatic carbocycles. The topological polar surface area (TPSA) is 68.8 Å². The third kappa shape index (κ3) is 3.72. The molecule has 0 bridgehead atoms. The predicted molar refractivity (Wildman–Crippen MR) is 131 cm³/mol. The number of para-hydroxylation sites is 2. The molecule has 7 heteroatoms. The lowest BCUT2D eigenvalue weighted by atomic mass is 9.80. The second-order valence-electron chi connectivity index (χ2n) is 8.11. The van der Waals surface area contributed by atoms with Gasteiger partial charge in [0, 0.05) is 34.0 Å². The van der Waals surface area contributed by atoms with Crippen LogP contribution in [0.2, 0.25) is 0 Å². The smallest absolute Gasteiger partial charge is 0.203 e. The Bertz CT molecular complexity index is 1220. The highest BCUT2D eigenvalue weighted by molar-refractivity contribution is 7.10. The molecule has 0 radical (unpaired) electrons. The maximum absolute atomic E-state index is 13.7. The van der Waals surface area contributed by atoms with Crippen molar-refractivity contribution in [2.75, 3.05) is 32.0 Å². The summed E-state index contributed by atoms with van der Waals surface area (Å²) in [4.78, 5) is 14.9. The Hall–Kier alpha value is -3.45. The monoisotopic (exact) mass is 462 g/mol. The summed E-state index contributed by atoms with van der Waals surface area (Å²) < 4.78 is 16.9. The first-order valence-electron chi connectivity index (χ1n) is 10.9. The average Bonchev–Trinajstić information content (AvgIpc) is 3.32. The normalized spacial score (nSPS) is 19.5. The van der Waals surface area contributed by atoms with Crippen LogP contribution in [0.3, 0.4) is 0 Å². The fraction of sp³-hybridized carbons (Fsp3) is 0.269. The fourth-order valence-corrected chi connectivity index (χ4v) is 5.63. The number of hydrogen-bond donors (Lipinski definition) is 2. The number of anilines is 2. The van der Waals surface area contributed by atoms with E-state index in [0.717, 1.165) is 34.6 Å². The first-order chi connectivity index (χ1) is 16.1. The van der Waals surface area contributed by atoms with Gasteiger partial charge in [-0.2, -0.15) is 0 Å². The number of hydrogen-bond acceptors (Lipinski definition) is 7. The van der Waals surface area contributed by atoms with Crippen molar-refractivity contribution in [3.63, 3.8) is 0 Å². The lowest BCUT2D eigenvalue weighted by molar-refractivity contribution is -0.116. The van der Waals surface area contributed by atoms with Crippen molar-refractivity contribution in [3.8, 4) is 17.2 Å². The van der Waals surface area contributed by atoms with Crippen LogP contribution in [0.15, 0.2) is 65.2 Å². The largest absolute Gasteiger partial charge is 0.493 e. The minimum Gasteiger partial charge on any atom is -0.493 e. The molecule has 6 nitrogen and oxygen atoms in total. The van der Waals surface area contributed by atoms with Crippen LogP contribution in [0, 0.1) is 0 Å². The number of Topliss-reactive ketones (excluding diaryl/α,β-unsaturated/α-hetero) is 1. The first-order valence-corrected chi connectivity index (χ1v) is 11.7. The minimum atomic E-state index is -0.400. The van der Waals surface area contributed by atoms with Crippen molar-refractivity contribution in [1.82, 2.24) is 0 Å². The highest BCUT2D eigenvalue weighted by atomic mass is 32.1. The van der Waals surface area contributed by atoms with Gasteiger partial charge in [0.05, 0.1) is 38.7 Å². The molecule has 0 saturated carbocycles. The van der Waals surface area contributed by atoms with E-state index in [1.165, 1.54) is 4.88 Å².